The average molecular weight is 210 g/mol. The highest BCUT2D eigenvalue weighted by Gasteiger charge is 2.17. The number of rotatable bonds is 4. The first-order valence-corrected chi connectivity index (χ1v) is 4.65. The molecule has 1 rings (SSSR count). The van der Waals surface area contributed by atoms with Crippen molar-refractivity contribution in [2.75, 3.05) is 6.61 Å². The number of nitrogens with zero attached hydrogens (tertiary/aromatic N) is 1. The maximum absolute atomic E-state index is 10.7. The molecule has 0 aliphatic heterocycles. The second-order valence-electron chi connectivity index (χ2n) is 3.48. The maximum Gasteiger partial charge on any atom is 0.272 e. The van der Waals surface area contributed by atoms with Crippen LogP contribution in [-0.2, 0) is 6.42 Å². The average Bonchev–Trinajstić information content (AvgIpc) is 2.20. The fourth-order valence-corrected chi connectivity index (χ4v) is 1.45. The van der Waals surface area contributed by atoms with E-state index >= 15 is 0 Å². The molecule has 0 saturated heterocycles. The molecule has 0 spiro atoms. The molecule has 82 valence electrons. The minimum absolute atomic E-state index is 0.0684. The standard InChI is InChI=1S/C10H14N2O3/c1-7-3-2-4-10(12(14)15)9(7)5-8(11)6-13/h2-4,8,13H,5-6,11H2,1H3. The van der Waals surface area contributed by atoms with Gasteiger partial charge < -0.3 is 10.8 Å². The van der Waals surface area contributed by atoms with E-state index in [0.717, 1.165) is 5.56 Å². The SMILES string of the molecule is Cc1cccc([N+](=O)[O-])c1CC(N)CO. The number of benzene rings is 1. The molecule has 0 saturated carbocycles. The number of nitro benzene ring substituents is 1. The monoisotopic (exact) mass is 210 g/mol. The largest absolute Gasteiger partial charge is 0.395 e. The molecule has 1 atom stereocenters. The molecule has 3 N–H and O–H groups in total. The molecular formula is C10H14N2O3. The summed E-state index contributed by atoms with van der Waals surface area (Å²) < 4.78 is 0. The van der Waals surface area contributed by atoms with Crippen LogP contribution in [0.1, 0.15) is 11.1 Å². The van der Waals surface area contributed by atoms with Gasteiger partial charge in [0.2, 0.25) is 0 Å². The first kappa shape index (κ1) is 11.6. The number of hydrogen-bond acceptors (Lipinski definition) is 4. The molecular weight excluding hydrogens is 196 g/mol. The highest BCUT2D eigenvalue weighted by atomic mass is 16.6. The number of hydrogen-bond donors (Lipinski definition) is 2. The Morgan fingerprint density at radius 3 is 2.80 bits per heavy atom. The van der Waals surface area contributed by atoms with Gasteiger partial charge in [0.25, 0.3) is 5.69 Å². The zero-order valence-corrected chi connectivity index (χ0v) is 8.51. The third-order valence-electron chi connectivity index (χ3n) is 2.28. The van der Waals surface area contributed by atoms with E-state index in [1.807, 2.05) is 0 Å². The summed E-state index contributed by atoms with van der Waals surface area (Å²) in [5.41, 5.74) is 7.07. The number of aryl methyl sites for hydroxylation is 1. The molecule has 1 aromatic carbocycles. The van der Waals surface area contributed by atoms with E-state index in [4.69, 9.17) is 10.8 Å². The number of nitro groups is 1. The van der Waals surface area contributed by atoms with Crippen LogP contribution in [0, 0.1) is 17.0 Å². The van der Waals surface area contributed by atoms with Gasteiger partial charge in [0.15, 0.2) is 0 Å². The van der Waals surface area contributed by atoms with Gasteiger partial charge in [-0.3, -0.25) is 10.1 Å². The van der Waals surface area contributed by atoms with E-state index in [9.17, 15) is 10.1 Å². The Bertz CT molecular complexity index is 366. The van der Waals surface area contributed by atoms with Crippen molar-refractivity contribution in [3.05, 3.63) is 39.4 Å². The Morgan fingerprint density at radius 1 is 1.60 bits per heavy atom. The zero-order valence-electron chi connectivity index (χ0n) is 8.51. The van der Waals surface area contributed by atoms with E-state index in [1.54, 1.807) is 19.1 Å². The predicted octanol–water partition coefficient (Wildman–Crippen LogP) is 0.765. The number of nitrogens with two attached hydrogens (primary N) is 1. The van der Waals surface area contributed by atoms with Crippen LogP contribution in [0.2, 0.25) is 0 Å². The molecule has 0 heterocycles. The fourth-order valence-electron chi connectivity index (χ4n) is 1.45. The summed E-state index contributed by atoms with van der Waals surface area (Å²) in [5.74, 6) is 0. The van der Waals surface area contributed by atoms with Crippen molar-refractivity contribution in [3.63, 3.8) is 0 Å². The van der Waals surface area contributed by atoms with Gasteiger partial charge in [0.1, 0.15) is 0 Å². The Morgan fingerprint density at radius 2 is 2.27 bits per heavy atom. The van der Waals surface area contributed by atoms with Crippen molar-refractivity contribution < 1.29 is 10.0 Å². The topological polar surface area (TPSA) is 89.4 Å². The lowest BCUT2D eigenvalue weighted by atomic mass is 10.00. The molecule has 0 aromatic heterocycles. The normalized spacial score (nSPS) is 12.5. The highest BCUT2D eigenvalue weighted by molar-refractivity contribution is 5.45. The summed E-state index contributed by atoms with van der Waals surface area (Å²) >= 11 is 0. The van der Waals surface area contributed by atoms with Crippen LogP contribution >= 0.6 is 0 Å². The van der Waals surface area contributed by atoms with Crippen LogP contribution in [-0.4, -0.2) is 22.7 Å². The third kappa shape index (κ3) is 2.74. The van der Waals surface area contributed by atoms with E-state index in [0.29, 0.717) is 12.0 Å². The molecule has 1 unspecified atom stereocenters. The van der Waals surface area contributed by atoms with Crippen molar-refractivity contribution in [3.8, 4) is 0 Å². The van der Waals surface area contributed by atoms with Gasteiger partial charge in [-0.25, -0.2) is 0 Å². The first-order valence-electron chi connectivity index (χ1n) is 4.65. The summed E-state index contributed by atoms with van der Waals surface area (Å²) in [6.45, 7) is 1.62. The van der Waals surface area contributed by atoms with E-state index in [1.165, 1.54) is 6.07 Å². The number of aliphatic hydroxyl groups is 1. The Kier molecular flexibility index (Phi) is 3.76. The summed E-state index contributed by atoms with van der Waals surface area (Å²) in [6.07, 6.45) is 0.319. The summed E-state index contributed by atoms with van der Waals surface area (Å²) in [6, 6.07) is 4.44. The first-order chi connectivity index (χ1) is 7.06. The molecule has 1 aromatic rings. The molecule has 0 radical (unpaired) electrons. The molecule has 0 aliphatic rings. The zero-order chi connectivity index (χ0) is 11.4. The van der Waals surface area contributed by atoms with Gasteiger partial charge in [-0.15, -0.1) is 0 Å². The highest BCUT2D eigenvalue weighted by Crippen LogP contribution is 2.22. The Balaban J connectivity index is 3.07. The van der Waals surface area contributed by atoms with Crippen LogP contribution < -0.4 is 5.73 Å². The van der Waals surface area contributed by atoms with Crippen molar-refractivity contribution in [1.82, 2.24) is 0 Å². The lowest BCUT2D eigenvalue weighted by molar-refractivity contribution is -0.385. The van der Waals surface area contributed by atoms with Gasteiger partial charge in [-0.2, -0.15) is 0 Å². The molecule has 0 aliphatic carbocycles. The molecule has 5 nitrogen and oxygen atoms in total. The third-order valence-corrected chi connectivity index (χ3v) is 2.28. The maximum atomic E-state index is 10.7. The summed E-state index contributed by atoms with van der Waals surface area (Å²) in [5, 5.41) is 19.6. The lowest BCUT2D eigenvalue weighted by Gasteiger charge is -2.10. The van der Waals surface area contributed by atoms with Crippen LogP contribution in [0.25, 0.3) is 0 Å². The Labute approximate surface area is 87.7 Å². The molecule has 0 fully saturated rings. The minimum atomic E-state index is -0.454. The molecule has 15 heavy (non-hydrogen) atoms. The smallest absolute Gasteiger partial charge is 0.272 e. The minimum Gasteiger partial charge on any atom is -0.395 e. The van der Waals surface area contributed by atoms with Crippen molar-refractivity contribution in [2.24, 2.45) is 5.73 Å². The lowest BCUT2D eigenvalue weighted by Crippen LogP contribution is -2.27. The van der Waals surface area contributed by atoms with Gasteiger partial charge in [0.05, 0.1) is 11.5 Å². The van der Waals surface area contributed by atoms with Crippen LogP contribution in [0.3, 0.4) is 0 Å². The van der Waals surface area contributed by atoms with Crippen LogP contribution in [0.15, 0.2) is 18.2 Å². The van der Waals surface area contributed by atoms with E-state index in [2.05, 4.69) is 0 Å². The van der Waals surface area contributed by atoms with Crippen molar-refractivity contribution in [1.29, 1.82) is 0 Å². The van der Waals surface area contributed by atoms with Crippen molar-refractivity contribution >= 4 is 5.69 Å². The summed E-state index contributed by atoms with van der Waals surface area (Å²) in [4.78, 5) is 10.3. The van der Waals surface area contributed by atoms with Gasteiger partial charge >= 0.3 is 0 Å². The molecule has 0 amide bonds. The molecule has 0 bridgehead atoms. The van der Waals surface area contributed by atoms with Gasteiger partial charge in [-0.05, 0) is 18.9 Å². The summed E-state index contributed by atoms with van der Waals surface area (Å²) in [7, 11) is 0. The Hall–Kier alpha value is -1.46. The van der Waals surface area contributed by atoms with Crippen LogP contribution in [0.4, 0.5) is 5.69 Å². The van der Waals surface area contributed by atoms with E-state index < -0.39 is 11.0 Å². The van der Waals surface area contributed by atoms with Crippen molar-refractivity contribution in [2.45, 2.75) is 19.4 Å². The second kappa shape index (κ2) is 4.86. The molecule has 5 heteroatoms. The van der Waals surface area contributed by atoms with E-state index in [-0.39, 0.29) is 12.3 Å². The second-order valence-corrected chi connectivity index (χ2v) is 3.48. The van der Waals surface area contributed by atoms with Crippen LogP contribution in [0.5, 0.6) is 0 Å². The fraction of sp³-hybridized carbons (Fsp3) is 0.400. The quantitative estimate of drug-likeness (QED) is 0.567. The predicted molar refractivity (Wildman–Crippen MR) is 56.6 cm³/mol. The van der Waals surface area contributed by atoms with Gasteiger partial charge in [-0.1, -0.05) is 12.1 Å². The number of aliphatic hydroxyl groups excluding tert-OH is 1. The van der Waals surface area contributed by atoms with Gasteiger partial charge in [0, 0.05) is 17.7 Å².